The van der Waals surface area contributed by atoms with Crippen molar-refractivity contribution in [1.29, 1.82) is 0 Å². The zero-order chi connectivity index (χ0) is 18.6. The van der Waals surface area contributed by atoms with Crippen molar-refractivity contribution in [1.82, 2.24) is 10.6 Å². The molecule has 0 amide bonds. The SMILES string of the molecule is CN=C(NCCc1cc2ccccc2o1)NC1CCCC(C(F)(F)F)C1.I. The second kappa shape index (κ2) is 9.66. The highest BCUT2D eigenvalue weighted by Crippen LogP contribution is 2.37. The molecule has 1 heterocycles. The van der Waals surface area contributed by atoms with Gasteiger partial charge in [0.2, 0.25) is 0 Å². The van der Waals surface area contributed by atoms with E-state index in [1.54, 1.807) is 7.05 Å². The molecule has 4 nitrogen and oxygen atoms in total. The first-order chi connectivity index (χ1) is 12.5. The lowest BCUT2D eigenvalue weighted by atomic mass is 9.85. The van der Waals surface area contributed by atoms with Crippen molar-refractivity contribution in [2.45, 2.75) is 44.3 Å². The molecule has 1 saturated carbocycles. The molecule has 0 radical (unpaired) electrons. The summed E-state index contributed by atoms with van der Waals surface area (Å²) in [6, 6.07) is 9.61. The second-order valence-electron chi connectivity index (χ2n) is 6.75. The lowest BCUT2D eigenvalue weighted by molar-refractivity contribution is -0.183. The molecule has 0 bridgehead atoms. The van der Waals surface area contributed by atoms with Gasteiger partial charge in [0.25, 0.3) is 0 Å². The summed E-state index contributed by atoms with van der Waals surface area (Å²) in [6.45, 7) is 0.592. The number of fused-ring (bicyclic) bond motifs is 1. The fourth-order valence-corrected chi connectivity index (χ4v) is 3.47. The molecular formula is C19H25F3IN3O. The second-order valence-corrected chi connectivity index (χ2v) is 6.75. The lowest BCUT2D eigenvalue weighted by Gasteiger charge is -2.31. The Kier molecular flexibility index (Phi) is 7.81. The number of nitrogens with one attached hydrogen (secondary N) is 2. The number of rotatable bonds is 4. The smallest absolute Gasteiger partial charge is 0.391 e. The Morgan fingerprint density at radius 1 is 1.26 bits per heavy atom. The van der Waals surface area contributed by atoms with Gasteiger partial charge in [-0.05, 0) is 31.4 Å². The van der Waals surface area contributed by atoms with Crippen molar-refractivity contribution in [3.05, 3.63) is 36.1 Å². The summed E-state index contributed by atoms with van der Waals surface area (Å²) in [5, 5.41) is 7.35. The van der Waals surface area contributed by atoms with Crippen LogP contribution in [0.1, 0.15) is 31.4 Å². The largest absolute Gasteiger partial charge is 0.461 e. The number of hydrogen-bond donors (Lipinski definition) is 2. The van der Waals surface area contributed by atoms with Crippen LogP contribution in [0.2, 0.25) is 0 Å². The van der Waals surface area contributed by atoms with Crippen molar-refractivity contribution < 1.29 is 17.6 Å². The highest BCUT2D eigenvalue weighted by Gasteiger charge is 2.42. The third-order valence-corrected chi connectivity index (χ3v) is 4.84. The van der Waals surface area contributed by atoms with Crippen LogP contribution >= 0.6 is 24.0 Å². The lowest BCUT2D eigenvalue weighted by Crippen LogP contribution is -2.47. The third kappa shape index (κ3) is 6.02. The van der Waals surface area contributed by atoms with E-state index < -0.39 is 12.1 Å². The molecule has 2 aromatic rings. The molecule has 1 aromatic heterocycles. The number of alkyl halides is 3. The van der Waals surface area contributed by atoms with Gasteiger partial charge in [-0.3, -0.25) is 4.99 Å². The quantitative estimate of drug-likeness (QED) is 0.361. The molecule has 1 aliphatic carbocycles. The molecule has 150 valence electrons. The highest BCUT2D eigenvalue weighted by molar-refractivity contribution is 14.0. The average Bonchev–Trinajstić information content (AvgIpc) is 3.03. The topological polar surface area (TPSA) is 49.6 Å². The average molecular weight is 495 g/mol. The van der Waals surface area contributed by atoms with E-state index in [-0.39, 0.29) is 42.9 Å². The number of guanidine groups is 1. The molecule has 8 heteroatoms. The summed E-state index contributed by atoms with van der Waals surface area (Å²) in [5.41, 5.74) is 0.852. The van der Waals surface area contributed by atoms with Crippen molar-refractivity contribution in [2.24, 2.45) is 10.9 Å². The maximum Gasteiger partial charge on any atom is 0.391 e. The van der Waals surface area contributed by atoms with Gasteiger partial charge in [-0.25, -0.2) is 0 Å². The number of halogens is 4. The molecule has 1 aliphatic rings. The van der Waals surface area contributed by atoms with Gasteiger partial charge in [-0.2, -0.15) is 13.2 Å². The molecule has 1 aromatic carbocycles. The predicted octanol–water partition coefficient (Wildman–Crippen LogP) is 4.88. The van der Waals surface area contributed by atoms with Gasteiger partial charge in [0, 0.05) is 31.4 Å². The van der Waals surface area contributed by atoms with Crippen LogP contribution in [0.15, 0.2) is 39.7 Å². The monoisotopic (exact) mass is 495 g/mol. The number of para-hydroxylation sites is 1. The van der Waals surface area contributed by atoms with E-state index in [2.05, 4.69) is 15.6 Å². The van der Waals surface area contributed by atoms with Crippen molar-refractivity contribution in [3.8, 4) is 0 Å². The van der Waals surface area contributed by atoms with E-state index >= 15 is 0 Å². The normalized spacial score (nSPS) is 21.0. The highest BCUT2D eigenvalue weighted by atomic mass is 127. The summed E-state index contributed by atoms with van der Waals surface area (Å²) in [7, 11) is 1.63. The summed E-state index contributed by atoms with van der Waals surface area (Å²) >= 11 is 0. The van der Waals surface area contributed by atoms with E-state index in [1.165, 1.54) is 0 Å². The summed E-state index contributed by atoms with van der Waals surface area (Å²) in [6.07, 6.45) is -1.80. The molecule has 2 N–H and O–H groups in total. The van der Waals surface area contributed by atoms with Gasteiger partial charge in [-0.15, -0.1) is 24.0 Å². The van der Waals surface area contributed by atoms with Gasteiger partial charge in [0.15, 0.2) is 5.96 Å². The number of aliphatic imine (C=N–C) groups is 1. The molecular weight excluding hydrogens is 470 g/mol. The Morgan fingerprint density at radius 2 is 2.04 bits per heavy atom. The fraction of sp³-hybridized carbons (Fsp3) is 0.526. The van der Waals surface area contributed by atoms with Crippen LogP contribution in [0.4, 0.5) is 13.2 Å². The number of furan rings is 1. The Bertz CT molecular complexity index is 727. The first-order valence-electron chi connectivity index (χ1n) is 8.97. The molecule has 1 fully saturated rings. The van der Waals surface area contributed by atoms with Gasteiger partial charge in [0.05, 0.1) is 5.92 Å². The third-order valence-electron chi connectivity index (χ3n) is 4.84. The first kappa shape index (κ1) is 21.8. The van der Waals surface area contributed by atoms with Gasteiger partial charge < -0.3 is 15.1 Å². The Morgan fingerprint density at radius 3 is 2.74 bits per heavy atom. The maximum absolute atomic E-state index is 12.9. The van der Waals surface area contributed by atoms with E-state index in [0.717, 1.165) is 23.2 Å². The minimum absolute atomic E-state index is 0. The molecule has 3 rings (SSSR count). The zero-order valence-corrected chi connectivity index (χ0v) is 17.5. The minimum Gasteiger partial charge on any atom is -0.461 e. The van der Waals surface area contributed by atoms with Crippen molar-refractivity contribution in [2.75, 3.05) is 13.6 Å². The molecule has 0 aliphatic heterocycles. The molecule has 2 atom stereocenters. The van der Waals surface area contributed by atoms with Gasteiger partial charge in [0.1, 0.15) is 11.3 Å². The fourth-order valence-electron chi connectivity index (χ4n) is 3.47. The first-order valence-corrected chi connectivity index (χ1v) is 8.97. The summed E-state index contributed by atoms with van der Waals surface area (Å²) in [4.78, 5) is 4.13. The number of hydrogen-bond acceptors (Lipinski definition) is 2. The predicted molar refractivity (Wildman–Crippen MR) is 112 cm³/mol. The zero-order valence-electron chi connectivity index (χ0n) is 15.2. The van der Waals surface area contributed by atoms with E-state index in [9.17, 15) is 13.2 Å². The van der Waals surface area contributed by atoms with Crippen LogP contribution in [-0.4, -0.2) is 31.8 Å². The van der Waals surface area contributed by atoms with Crippen LogP contribution in [0, 0.1) is 5.92 Å². The molecule has 0 spiro atoms. The maximum atomic E-state index is 12.9. The standard InChI is InChI=1S/C19H24F3N3O.HI/c1-23-18(25-15-7-4-6-14(12-15)19(20,21)22)24-10-9-16-11-13-5-2-3-8-17(13)26-16;/h2-3,5,8,11,14-15H,4,6-7,9-10,12H2,1H3,(H2,23,24,25);1H. The minimum atomic E-state index is -4.11. The number of nitrogens with zero attached hydrogens (tertiary/aromatic N) is 1. The molecule has 2 unspecified atom stereocenters. The van der Waals surface area contributed by atoms with Crippen LogP contribution < -0.4 is 10.6 Å². The Hall–Kier alpha value is -1.45. The number of benzene rings is 1. The van der Waals surface area contributed by atoms with E-state index in [1.807, 2.05) is 30.3 Å². The summed E-state index contributed by atoms with van der Waals surface area (Å²) < 4.78 is 44.5. The van der Waals surface area contributed by atoms with Crippen LogP contribution in [-0.2, 0) is 6.42 Å². The van der Waals surface area contributed by atoms with Crippen molar-refractivity contribution in [3.63, 3.8) is 0 Å². The van der Waals surface area contributed by atoms with Crippen molar-refractivity contribution >= 4 is 40.9 Å². The van der Waals surface area contributed by atoms with Crippen LogP contribution in [0.3, 0.4) is 0 Å². The van der Waals surface area contributed by atoms with E-state index in [0.29, 0.717) is 25.3 Å². The van der Waals surface area contributed by atoms with Gasteiger partial charge in [-0.1, -0.05) is 24.6 Å². The molecule has 27 heavy (non-hydrogen) atoms. The van der Waals surface area contributed by atoms with E-state index in [4.69, 9.17) is 4.42 Å². The van der Waals surface area contributed by atoms with Gasteiger partial charge >= 0.3 is 6.18 Å². The Labute approximate surface area is 174 Å². The molecule has 0 saturated heterocycles. The summed E-state index contributed by atoms with van der Waals surface area (Å²) in [5.74, 6) is 0.181. The van der Waals surface area contributed by atoms with Crippen LogP contribution in [0.5, 0.6) is 0 Å². The Balaban J connectivity index is 0.00000261. The van der Waals surface area contributed by atoms with Crippen LogP contribution in [0.25, 0.3) is 11.0 Å².